The zero-order valence-electron chi connectivity index (χ0n) is 5.40. The van der Waals surface area contributed by atoms with E-state index in [1.54, 1.807) is 0 Å². The molecule has 0 spiro atoms. The molecule has 10 heavy (non-hydrogen) atoms. The first-order valence-corrected chi connectivity index (χ1v) is 3.12. The van der Waals surface area contributed by atoms with Gasteiger partial charge in [-0.2, -0.15) is 0 Å². The van der Waals surface area contributed by atoms with E-state index >= 15 is 0 Å². The molecule has 1 rings (SSSR count). The number of hydrogen-bond acceptors (Lipinski definition) is 5. The Kier molecular flexibility index (Phi) is 4.80. The van der Waals surface area contributed by atoms with Gasteiger partial charge in [-0.3, -0.25) is 0 Å². The number of carboxylic acid groups (broad SMARTS) is 1. The summed E-state index contributed by atoms with van der Waals surface area (Å²) in [7, 11) is 0. The molecule has 1 aromatic rings. The normalized spacial score (nSPS) is 8.40. The number of rotatable bonds is 2. The SMILES string of the molecule is O=C([O-])Cc1nncs1.[Na+]. The van der Waals surface area contributed by atoms with Crippen LogP contribution in [0.5, 0.6) is 0 Å². The van der Waals surface area contributed by atoms with E-state index in [2.05, 4.69) is 10.2 Å². The van der Waals surface area contributed by atoms with E-state index in [1.165, 1.54) is 16.8 Å². The van der Waals surface area contributed by atoms with E-state index in [-0.39, 0.29) is 36.0 Å². The first kappa shape index (κ1) is 10.0. The summed E-state index contributed by atoms with van der Waals surface area (Å²) in [6.45, 7) is 0. The van der Waals surface area contributed by atoms with Crippen molar-refractivity contribution in [2.45, 2.75) is 6.42 Å². The third-order valence-electron chi connectivity index (χ3n) is 0.701. The maximum absolute atomic E-state index is 9.89. The van der Waals surface area contributed by atoms with E-state index < -0.39 is 5.97 Å². The van der Waals surface area contributed by atoms with Crippen molar-refractivity contribution in [1.82, 2.24) is 10.2 Å². The van der Waals surface area contributed by atoms with Gasteiger partial charge in [-0.25, -0.2) is 0 Å². The third kappa shape index (κ3) is 3.26. The molecule has 0 amide bonds. The minimum Gasteiger partial charge on any atom is -0.550 e. The zero-order chi connectivity index (χ0) is 6.69. The van der Waals surface area contributed by atoms with Crippen molar-refractivity contribution in [3.8, 4) is 0 Å². The summed E-state index contributed by atoms with van der Waals surface area (Å²) in [5.74, 6) is -1.12. The van der Waals surface area contributed by atoms with Crippen LogP contribution in [0, 0.1) is 0 Å². The van der Waals surface area contributed by atoms with Crippen molar-refractivity contribution in [2.75, 3.05) is 0 Å². The molecular weight excluding hydrogens is 163 g/mol. The number of nitrogens with zero attached hydrogens (tertiary/aromatic N) is 2. The maximum Gasteiger partial charge on any atom is 1.00 e. The second-order valence-corrected chi connectivity index (χ2v) is 2.30. The summed E-state index contributed by atoms with van der Waals surface area (Å²) in [5, 5.41) is 17.3. The Labute approximate surface area is 83.6 Å². The Hall–Kier alpha value is 0.0300. The van der Waals surface area contributed by atoms with Gasteiger partial charge in [0.05, 0.1) is 0 Å². The number of aromatic nitrogens is 2. The van der Waals surface area contributed by atoms with E-state index in [4.69, 9.17) is 0 Å². The summed E-state index contributed by atoms with van der Waals surface area (Å²) in [6, 6.07) is 0. The molecule has 0 atom stereocenters. The minimum atomic E-state index is -1.12. The molecule has 48 valence electrons. The molecule has 0 unspecified atom stereocenters. The van der Waals surface area contributed by atoms with Crippen molar-refractivity contribution < 1.29 is 39.5 Å². The number of carbonyl (C=O) groups excluding carboxylic acids is 1. The van der Waals surface area contributed by atoms with Crippen LogP contribution < -0.4 is 34.7 Å². The van der Waals surface area contributed by atoms with Crippen LogP contribution in [0.15, 0.2) is 5.51 Å². The number of aliphatic carboxylic acids is 1. The quantitative estimate of drug-likeness (QED) is 0.418. The van der Waals surface area contributed by atoms with Gasteiger partial charge in [-0.05, 0) is 0 Å². The van der Waals surface area contributed by atoms with Crippen LogP contribution in [-0.2, 0) is 11.2 Å². The van der Waals surface area contributed by atoms with Crippen LogP contribution in [0.3, 0.4) is 0 Å². The fraction of sp³-hybridized carbons (Fsp3) is 0.250. The first-order valence-electron chi connectivity index (χ1n) is 2.24. The minimum absolute atomic E-state index is 0. The van der Waals surface area contributed by atoms with Crippen LogP contribution in [0.2, 0.25) is 0 Å². The Morgan fingerprint density at radius 2 is 2.50 bits per heavy atom. The van der Waals surface area contributed by atoms with Crippen molar-refractivity contribution in [3.05, 3.63) is 10.5 Å². The van der Waals surface area contributed by atoms with Crippen molar-refractivity contribution in [2.24, 2.45) is 0 Å². The molecule has 0 aliphatic rings. The van der Waals surface area contributed by atoms with Crippen LogP contribution >= 0.6 is 11.3 Å². The molecule has 0 saturated heterocycles. The average molecular weight is 166 g/mol. The molecule has 1 heterocycles. The number of carbonyl (C=O) groups is 1. The summed E-state index contributed by atoms with van der Waals surface area (Å²) >= 11 is 1.21. The van der Waals surface area contributed by atoms with Gasteiger partial charge in [0.1, 0.15) is 10.5 Å². The van der Waals surface area contributed by atoms with E-state index in [0.717, 1.165) is 0 Å². The van der Waals surface area contributed by atoms with Crippen LogP contribution in [-0.4, -0.2) is 16.2 Å². The summed E-state index contributed by atoms with van der Waals surface area (Å²) in [6.07, 6.45) is -0.134. The molecule has 0 radical (unpaired) electrons. The molecule has 0 saturated carbocycles. The van der Waals surface area contributed by atoms with Gasteiger partial charge in [-0.15, -0.1) is 21.5 Å². The second-order valence-electron chi connectivity index (χ2n) is 1.38. The number of hydrogen-bond donors (Lipinski definition) is 0. The van der Waals surface area contributed by atoms with Crippen LogP contribution in [0.25, 0.3) is 0 Å². The molecule has 0 aliphatic heterocycles. The molecule has 4 nitrogen and oxygen atoms in total. The standard InChI is InChI=1S/C4H4N2O2S.Na/c7-4(8)1-3-6-5-2-9-3;/h2H,1H2,(H,7,8);/q;+1/p-1. The zero-order valence-corrected chi connectivity index (χ0v) is 8.22. The maximum atomic E-state index is 9.89. The van der Waals surface area contributed by atoms with Crippen molar-refractivity contribution >= 4 is 17.3 Å². The molecule has 0 fully saturated rings. The van der Waals surface area contributed by atoms with Gasteiger partial charge in [0.25, 0.3) is 0 Å². The van der Waals surface area contributed by atoms with Crippen LogP contribution in [0.1, 0.15) is 5.01 Å². The Morgan fingerprint density at radius 3 is 2.90 bits per heavy atom. The first-order chi connectivity index (χ1) is 4.29. The molecular formula is C4H3N2NaO2S. The predicted molar refractivity (Wildman–Crippen MR) is 28.6 cm³/mol. The Morgan fingerprint density at radius 1 is 1.80 bits per heavy atom. The second kappa shape index (κ2) is 4.79. The largest absolute Gasteiger partial charge is 1.00 e. The summed E-state index contributed by atoms with van der Waals surface area (Å²) in [5.41, 5.74) is 1.48. The van der Waals surface area contributed by atoms with Crippen molar-refractivity contribution in [3.63, 3.8) is 0 Å². The topological polar surface area (TPSA) is 65.9 Å². The molecule has 0 aliphatic carbocycles. The Balaban J connectivity index is 0.000000810. The summed E-state index contributed by atoms with van der Waals surface area (Å²) < 4.78 is 0. The third-order valence-corrected chi connectivity index (χ3v) is 1.40. The predicted octanol–water partition coefficient (Wildman–Crippen LogP) is -4.17. The van der Waals surface area contributed by atoms with Gasteiger partial charge in [-0.1, -0.05) is 0 Å². The number of carboxylic acids is 1. The molecule has 1 aromatic heterocycles. The van der Waals surface area contributed by atoms with Gasteiger partial charge in [0.15, 0.2) is 0 Å². The Bertz CT molecular complexity index is 201. The van der Waals surface area contributed by atoms with Gasteiger partial charge < -0.3 is 9.90 Å². The van der Waals surface area contributed by atoms with E-state index in [0.29, 0.717) is 5.01 Å². The smallest absolute Gasteiger partial charge is 0.550 e. The van der Waals surface area contributed by atoms with E-state index in [9.17, 15) is 9.90 Å². The van der Waals surface area contributed by atoms with Gasteiger partial charge >= 0.3 is 29.6 Å². The average Bonchev–Trinajstić information content (AvgIpc) is 2.15. The molecule has 0 bridgehead atoms. The van der Waals surface area contributed by atoms with Gasteiger partial charge in [0.2, 0.25) is 0 Å². The van der Waals surface area contributed by atoms with Crippen molar-refractivity contribution in [1.29, 1.82) is 0 Å². The van der Waals surface area contributed by atoms with E-state index in [1.807, 2.05) is 0 Å². The molecule has 0 N–H and O–H groups in total. The fourth-order valence-electron chi connectivity index (χ4n) is 0.396. The molecule has 0 aromatic carbocycles. The molecule has 6 heteroatoms. The monoisotopic (exact) mass is 166 g/mol. The van der Waals surface area contributed by atoms with Gasteiger partial charge in [0, 0.05) is 12.4 Å². The summed E-state index contributed by atoms with van der Waals surface area (Å²) in [4.78, 5) is 9.89. The fourth-order valence-corrected chi connectivity index (χ4v) is 0.908. The van der Waals surface area contributed by atoms with Crippen LogP contribution in [0.4, 0.5) is 0 Å².